The van der Waals surface area contributed by atoms with Crippen molar-refractivity contribution in [2.24, 2.45) is 11.7 Å². The van der Waals surface area contributed by atoms with Gasteiger partial charge < -0.3 is 15.8 Å². The van der Waals surface area contributed by atoms with Crippen molar-refractivity contribution in [2.75, 3.05) is 6.61 Å². The van der Waals surface area contributed by atoms with Crippen LogP contribution >= 0.6 is 12.4 Å². The number of amides is 1. The van der Waals surface area contributed by atoms with Crippen LogP contribution in [-0.4, -0.2) is 30.7 Å². The van der Waals surface area contributed by atoms with Gasteiger partial charge in [-0.1, -0.05) is 0 Å². The molecule has 3 N–H and O–H groups in total. The minimum Gasteiger partial charge on any atom is -0.376 e. The largest absolute Gasteiger partial charge is 0.376 e. The zero-order valence-electron chi connectivity index (χ0n) is 10.4. The molecular weight excluding hydrogens is 240 g/mol. The van der Waals surface area contributed by atoms with Crippen LogP contribution in [0.25, 0.3) is 0 Å². The van der Waals surface area contributed by atoms with Crippen molar-refractivity contribution in [2.45, 2.75) is 57.2 Å². The summed E-state index contributed by atoms with van der Waals surface area (Å²) in [4.78, 5) is 11.9. The zero-order chi connectivity index (χ0) is 11.5. The first-order valence-electron chi connectivity index (χ1n) is 6.34. The molecule has 1 amide bonds. The number of nitrogens with one attached hydrogen (secondary N) is 1. The van der Waals surface area contributed by atoms with E-state index in [1.165, 1.54) is 0 Å². The number of hydrogen-bond acceptors (Lipinski definition) is 3. The van der Waals surface area contributed by atoms with Crippen LogP contribution < -0.4 is 11.1 Å². The Kier molecular flexibility index (Phi) is 5.70. The molecule has 0 bridgehead atoms. The molecule has 1 aliphatic heterocycles. The lowest BCUT2D eigenvalue weighted by Crippen LogP contribution is -2.43. The molecule has 2 aliphatic rings. The maximum Gasteiger partial charge on any atom is 0.223 e. The molecule has 4 unspecified atom stereocenters. The summed E-state index contributed by atoms with van der Waals surface area (Å²) in [7, 11) is 0. The molecule has 0 aromatic carbocycles. The van der Waals surface area contributed by atoms with Gasteiger partial charge in [0.05, 0.1) is 12.1 Å². The van der Waals surface area contributed by atoms with Gasteiger partial charge in [0.1, 0.15) is 0 Å². The highest BCUT2D eigenvalue weighted by Gasteiger charge is 2.30. The fourth-order valence-electron chi connectivity index (χ4n) is 2.69. The SMILES string of the molecule is CC(NC(=O)C1CCC(N)C1)C1CCCO1.Cl. The summed E-state index contributed by atoms with van der Waals surface area (Å²) >= 11 is 0. The molecular formula is C12H23ClN2O2. The number of ether oxygens (including phenoxy) is 1. The summed E-state index contributed by atoms with van der Waals surface area (Å²) in [5.41, 5.74) is 5.81. The number of carbonyl (C=O) groups excluding carboxylic acids is 1. The molecule has 1 saturated carbocycles. The summed E-state index contributed by atoms with van der Waals surface area (Å²) in [6.07, 6.45) is 5.13. The molecule has 4 atom stereocenters. The molecule has 1 aliphatic carbocycles. The second-order valence-electron chi connectivity index (χ2n) is 5.12. The summed E-state index contributed by atoms with van der Waals surface area (Å²) in [6, 6.07) is 0.348. The van der Waals surface area contributed by atoms with E-state index in [-0.39, 0.29) is 42.4 Å². The van der Waals surface area contributed by atoms with Crippen LogP contribution in [0.15, 0.2) is 0 Å². The highest BCUT2D eigenvalue weighted by molar-refractivity contribution is 5.85. The normalized spacial score (nSPS) is 34.1. The van der Waals surface area contributed by atoms with Crippen molar-refractivity contribution in [1.82, 2.24) is 5.32 Å². The van der Waals surface area contributed by atoms with E-state index in [0.717, 1.165) is 38.7 Å². The smallest absolute Gasteiger partial charge is 0.223 e. The number of nitrogens with two attached hydrogens (primary N) is 1. The summed E-state index contributed by atoms with van der Waals surface area (Å²) in [6.45, 7) is 2.86. The molecule has 0 aromatic heterocycles. The predicted molar refractivity (Wildman–Crippen MR) is 69.1 cm³/mol. The lowest BCUT2D eigenvalue weighted by Gasteiger charge is -2.21. The van der Waals surface area contributed by atoms with Crippen LogP contribution in [0.4, 0.5) is 0 Å². The second-order valence-corrected chi connectivity index (χ2v) is 5.12. The Morgan fingerprint density at radius 1 is 1.41 bits per heavy atom. The van der Waals surface area contributed by atoms with E-state index in [9.17, 15) is 4.79 Å². The first-order valence-corrected chi connectivity index (χ1v) is 6.34. The fraction of sp³-hybridized carbons (Fsp3) is 0.917. The Bertz CT molecular complexity index is 257. The van der Waals surface area contributed by atoms with E-state index >= 15 is 0 Å². The van der Waals surface area contributed by atoms with Crippen molar-refractivity contribution in [1.29, 1.82) is 0 Å². The van der Waals surface area contributed by atoms with Gasteiger partial charge in [0.25, 0.3) is 0 Å². The Labute approximate surface area is 109 Å². The van der Waals surface area contributed by atoms with Crippen LogP contribution in [-0.2, 0) is 9.53 Å². The average molecular weight is 263 g/mol. The van der Waals surface area contributed by atoms with Gasteiger partial charge >= 0.3 is 0 Å². The molecule has 4 nitrogen and oxygen atoms in total. The van der Waals surface area contributed by atoms with Crippen molar-refractivity contribution in [3.05, 3.63) is 0 Å². The lowest BCUT2D eigenvalue weighted by atomic mass is 10.0. The maximum absolute atomic E-state index is 11.9. The second kappa shape index (κ2) is 6.57. The molecule has 0 spiro atoms. The first-order chi connectivity index (χ1) is 7.66. The number of hydrogen-bond donors (Lipinski definition) is 2. The Morgan fingerprint density at radius 2 is 2.18 bits per heavy atom. The van der Waals surface area contributed by atoms with Crippen molar-refractivity contribution < 1.29 is 9.53 Å². The monoisotopic (exact) mass is 262 g/mol. The lowest BCUT2D eigenvalue weighted by molar-refractivity contribution is -0.126. The van der Waals surface area contributed by atoms with E-state index in [4.69, 9.17) is 10.5 Å². The third-order valence-electron chi connectivity index (χ3n) is 3.74. The van der Waals surface area contributed by atoms with E-state index < -0.39 is 0 Å². The van der Waals surface area contributed by atoms with Gasteiger partial charge in [-0.3, -0.25) is 4.79 Å². The average Bonchev–Trinajstić information content (AvgIpc) is 2.87. The van der Waals surface area contributed by atoms with E-state index in [2.05, 4.69) is 5.32 Å². The minimum atomic E-state index is 0. The molecule has 17 heavy (non-hydrogen) atoms. The molecule has 0 aromatic rings. The summed E-state index contributed by atoms with van der Waals surface area (Å²) < 4.78 is 5.56. The zero-order valence-corrected chi connectivity index (χ0v) is 11.2. The molecule has 2 fully saturated rings. The quantitative estimate of drug-likeness (QED) is 0.804. The van der Waals surface area contributed by atoms with Crippen LogP contribution in [0.1, 0.15) is 39.0 Å². The molecule has 0 radical (unpaired) electrons. The van der Waals surface area contributed by atoms with E-state index in [1.807, 2.05) is 6.92 Å². The van der Waals surface area contributed by atoms with Crippen LogP contribution in [0.5, 0.6) is 0 Å². The number of halogens is 1. The highest BCUT2D eigenvalue weighted by atomic mass is 35.5. The van der Waals surface area contributed by atoms with Crippen molar-refractivity contribution >= 4 is 18.3 Å². The van der Waals surface area contributed by atoms with Crippen LogP contribution in [0, 0.1) is 5.92 Å². The fourth-order valence-corrected chi connectivity index (χ4v) is 2.69. The van der Waals surface area contributed by atoms with Gasteiger partial charge in [0, 0.05) is 18.6 Å². The molecule has 5 heteroatoms. The first kappa shape index (κ1) is 14.7. The third-order valence-corrected chi connectivity index (χ3v) is 3.74. The van der Waals surface area contributed by atoms with E-state index in [1.54, 1.807) is 0 Å². The van der Waals surface area contributed by atoms with Gasteiger partial charge in [0.2, 0.25) is 5.91 Å². The number of rotatable bonds is 3. The molecule has 1 saturated heterocycles. The molecule has 1 heterocycles. The topological polar surface area (TPSA) is 64.4 Å². The van der Waals surface area contributed by atoms with Gasteiger partial charge in [-0.2, -0.15) is 0 Å². The summed E-state index contributed by atoms with van der Waals surface area (Å²) in [5.74, 6) is 0.287. The number of carbonyl (C=O) groups is 1. The van der Waals surface area contributed by atoms with Crippen molar-refractivity contribution in [3.8, 4) is 0 Å². The van der Waals surface area contributed by atoms with E-state index in [0.29, 0.717) is 0 Å². The Hall–Kier alpha value is -0.320. The standard InChI is InChI=1S/C12H22N2O2.ClH/c1-8(11-3-2-6-16-11)14-12(15)9-4-5-10(13)7-9;/h8-11H,2-7,13H2,1H3,(H,14,15);1H. The molecule has 2 rings (SSSR count). The Balaban J connectivity index is 0.00000144. The van der Waals surface area contributed by atoms with Crippen LogP contribution in [0.3, 0.4) is 0 Å². The third kappa shape index (κ3) is 3.83. The Morgan fingerprint density at radius 3 is 2.71 bits per heavy atom. The minimum absolute atomic E-state index is 0. The summed E-state index contributed by atoms with van der Waals surface area (Å²) in [5, 5.41) is 3.06. The van der Waals surface area contributed by atoms with Gasteiger partial charge in [-0.15, -0.1) is 12.4 Å². The van der Waals surface area contributed by atoms with Gasteiger partial charge in [-0.25, -0.2) is 0 Å². The predicted octanol–water partition coefficient (Wildman–Crippen LogP) is 1.22. The highest BCUT2D eigenvalue weighted by Crippen LogP contribution is 2.24. The van der Waals surface area contributed by atoms with Crippen LogP contribution in [0.2, 0.25) is 0 Å². The van der Waals surface area contributed by atoms with Crippen molar-refractivity contribution in [3.63, 3.8) is 0 Å². The maximum atomic E-state index is 11.9. The van der Waals surface area contributed by atoms with Gasteiger partial charge in [-0.05, 0) is 39.0 Å². The molecule has 100 valence electrons. The van der Waals surface area contributed by atoms with Gasteiger partial charge in [0.15, 0.2) is 0 Å².